The Morgan fingerprint density at radius 1 is 0.939 bits per heavy atom. The van der Waals surface area contributed by atoms with Gasteiger partial charge in [-0.15, -0.1) is 0 Å². The van der Waals surface area contributed by atoms with E-state index in [4.69, 9.17) is 4.74 Å². The van der Waals surface area contributed by atoms with Gasteiger partial charge in [0.25, 0.3) is 5.91 Å². The van der Waals surface area contributed by atoms with Crippen LogP contribution in [0.1, 0.15) is 32.6 Å². The van der Waals surface area contributed by atoms with Gasteiger partial charge in [0, 0.05) is 24.7 Å². The van der Waals surface area contributed by atoms with Gasteiger partial charge in [-0.3, -0.25) is 9.10 Å². The van der Waals surface area contributed by atoms with E-state index in [2.05, 4.69) is 0 Å². The summed E-state index contributed by atoms with van der Waals surface area (Å²) < 4.78 is 31.9. The lowest BCUT2D eigenvalue weighted by atomic mass is 10.1. The second kappa shape index (κ2) is 10.1. The van der Waals surface area contributed by atoms with Gasteiger partial charge in [0.15, 0.2) is 0 Å². The van der Waals surface area contributed by atoms with Crippen molar-refractivity contribution >= 4 is 21.6 Å². The molecule has 0 spiro atoms. The molecule has 0 saturated carbocycles. The Hall–Kier alpha value is -3.32. The number of hydrogen-bond donors (Lipinski definition) is 0. The van der Waals surface area contributed by atoms with E-state index in [1.165, 1.54) is 10.6 Å². The fraction of sp³-hybridized carbons (Fsp3) is 0.269. The summed E-state index contributed by atoms with van der Waals surface area (Å²) in [5.41, 5.74) is 4.79. The molecule has 0 aliphatic carbocycles. The zero-order valence-corrected chi connectivity index (χ0v) is 20.5. The zero-order chi connectivity index (χ0) is 24.2. The van der Waals surface area contributed by atoms with E-state index in [1.54, 1.807) is 43.3 Å². The van der Waals surface area contributed by atoms with Crippen LogP contribution < -0.4 is 9.04 Å². The molecule has 7 heteroatoms. The number of sulfonamides is 1. The van der Waals surface area contributed by atoms with E-state index in [1.807, 2.05) is 56.3 Å². The number of para-hydroxylation sites is 1. The Morgan fingerprint density at radius 2 is 1.61 bits per heavy atom. The Labute approximate surface area is 196 Å². The number of benzene rings is 3. The topological polar surface area (TPSA) is 66.9 Å². The summed E-state index contributed by atoms with van der Waals surface area (Å²) in [6.45, 7) is 4.44. The predicted octanol–water partition coefficient (Wildman–Crippen LogP) is 4.55. The van der Waals surface area contributed by atoms with E-state index in [9.17, 15) is 13.2 Å². The summed E-state index contributed by atoms with van der Waals surface area (Å²) in [6, 6.07) is 20.4. The molecule has 0 heterocycles. The number of amides is 1. The quantitative estimate of drug-likeness (QED) is 0.488. The number of rotatable bonds is 8. The molecule has 0 N–H and O–H groups in total. The van der Waals surface area contributed by atoms with Crippen molar-refractivity contribution in [2.75, 3.05) is 24.7 Å². The number of carbonyl (C=O) groups excluding carboxylic acids is 1. The first-order chi connectivity index (χ1) is 15.6. The molecule has 0 atom stereocenters. The minimum absolute atomic E-state index is 0.123. The van der Waals surface area contributed by atoms with Gasteiger partial charge in [-0.25, -0.2) is 8.42 Å². The Balaban J connectivity index is 1.78. The number of aryl methyl sites for hydroxylation is 2. The normalized spacial score (nSPS) is 11.2. The third kappa shape index (κ3) is 5.93. The highest BCUT2D eigenvalue weighted by atomic mass is 32.2. The lowest BCUT2D eigenvalue weighted by molar-refractivity contribution is 0.0784. The molecule has 0 aromatic heterocycles. The van der Waals surface area contributed by atoms with Crippen molar-refractivity contribution < 1.29 is 17.9 Å². The van der Waals surface area contributed by atoms with Crippen LogP contribution in [0.15, 0.2) is 66.7 Å². The summed E-state index contributed by atoms with van der Waals surface area (Å²) in [7, 11) is -0.137. The van der Waals surface area contributed by atoms with Crippen molar-refractivity contribution in [2.24, 2.45) is 0 Å². The second-order valence-electron chi connectivity index (χ2n) is 8.23. The van der Waals surface area contributed by atoms with Crippen LogP contribution in [0.25, 0.3) is 0 Å². The van der Waals surface area contributed by atoms with Crippen LogP contribution >= 0.6 is 0 Å². The van der Waals surface area contributed by atoms with Gasteiger partial charge in [-0.05, 0) is 54.8 Å². The molecule has 0 aliphatic rings. The molecule has 0 fully saturated rings. The Kier molecular flexibility index (Phi) is 7.43. The first-order valence-corrected chi connectivity index (χ1v) is 12.5. The van der Waals surface area contributed by atoms with Gasteiger partial charge in [0.1, 0.15) is 5.75 Å². The first kappa shape index (κ1) is 24.3. The number of hydrogen-bond acceptors (Lipinski definition) is 4. The number of nitrogens with zero attached hydrogens (tertiary/aromatic N) is 2. The number of ether oxygens (including phenoxy) is 1. The zero-order valence-electron chi connectivity index (χ0n) is 19.7. The van der Waals surface area contributed by atoms with Gasteiger partial charge >= 0.3 is 0 Å². The van der Waals surface area contributed by atoms with E-state index in [0.717, 1.165) is 28.0 Å². The fourth-order valence-corrected chi connectivity index (χ4v) is 4.61. The van der Waals surface area contributed by atoms with Crippen molar-refractivity contribution in [2.45, 2.75) is 26.9 Å². The van der Waals surface area contributed by atoms with Crippen LogP contribution in [0.4, 0.5) is 5.69 Å². The minimum atomic E-state index is -3.49. The van der Waals surface area contributed by atoms with Crippen LogP contribution in [0, 0.1) is 13.8 Å². The summed E-state index contributed by atoms with van der Waals surface area (Å²) >= 11 is 0. The molecule has 0 bridgehead atoms. The number of carbonyl (C=O) groups is 1. The molecule has 0 unspecified atom stereocenters. The molecule has 33 heavy (non-hydrogen) atoms. The second-order valence-corrected chi connectivity index (χ2v) is 10.1. The molecule has 0 saturated heterocycles. The number of methoxy groups -OCH3 is 1. The first-order valence-electron chi connectivity index (χ1n) is 10.6. The minimum Gasteiger partial charge on any atom is -0.496 e. The van der Waals surface area contributed by atoms with Crippen LogP contribution in [0.5, 0.6) is 5.75 Å². The Bertz CT molecular complexity index is 1240. The molecule has 1 amide bonds. The van der Waals surface area contributed by atoms with Crippen LogP contribution in [0.3, 0.4) is 0 Å². The van der Waals surface area contributed by atoms with Crippen molar-refractivity contribution in [3.05, 3.63) is 94.5 Å². The molecular formula is C26H30N2O4S. The van der Waals surface area contributed by atoms with Crippen molar-refractivity contribution in [3.8, 4) is 5.75 Å². The molecular weight excluding hydrogens is 436 g/mol. The lowest BCUT2D eigenvalue weighted by Crippen LogP contribution is -2.30. The monoisotopic (exact) mass is 466 g/mol. The van der Waals surface area contributed by atoms with E-state index in [0.29, 0.717) is 17.8 Å². The molecule has 3 rings (SSSR count). The molecule has 3 aromatic rings. The van der Waals surface area contributed by atoms with Crippen molar-refractivity contribution in [3.63, 3.8) is 0 Å². The summed E-state index contributed by atoms with van der Waals surface area (Å²) in [5.74, 6) is 0.613. The highest BCUT2D eigenvalue weighted by Gasteiger charge is 2.20. The average Bonchev–Trinajstić information content (AvgIpc) is 2.78. The van der Waals surface area contributed by atoms with Gasteiger partial charge in [-0.1, -0.05) is 42.5 Å². The largest absolute Gasteiger partial charge is 0.496 e. The van der Waals surface area contributed by atoms with Crippen LogP contribution in [0.2, 0.25) is 0 Å². The molecule has 0 aliphatic heterocycles. The number of anilines is 1. The average molecular weight is 467 g/mol. The molecule has 0 radical (unpaired) electrons. The van der Waals surface area contributed by atoms with Crippen LogP contribution in [-0.2, 0) is 23.1 Å². The van der Waals surface area contributed by atoms with Gasteiger partial charge in [0.2, 0.25) is 10.0 Å². The van der Waals surface area contributed by atoms with Crippen molar-refractivity contribution in [1.82, 2.24) is 4.90 Å². The smallest absolute Gasteiger partial charge is 0.253 e. The van der Waals surface area contributed by atoms with E-state index >= 15 is 0 Å². The maximum Gasteiger partial charge on any atom is 0.253 e. The van der Waals surface area contributed by atoms with Gasteiger partial charge < -0.3 is 9.64 Å². The van der Waals surface area contributed by atoms with Gasteiger partial charge in [-0.2, -0.15) is 0 Å². The maximum atomic E-state index is 12.9. The van der Waals surface area contributed by atoms with Gasteiger partial charge in [0.05, 0.1) is 25.6 Å². The Morgan fingerprint density at radius 3 is 2.24 bits per heavy atom. The third-order valence-electron chi connectivity index (χ3n) is 5.51. The molecule has 174 valence electrons. The standard InChI is InChI=1S/C26H30N2O4S/c1-19-10-11-20(2)24(16-19)28(33(5,30)31)17-21-12-14-22(15-13-21)26(29)27(3)18-23-8-6-7-9-25(23)32-4/h6-16H,17-18H2,1-5H3. The van der Waals surface area contributed by atoms with Crippen molar-refractivity contribution in [1.29, 1.82) is 0 Å². The SMILES string of the molecule is COc1ccccc1CN(C)C(=O)c1ccc(CN(c2cc(C)ccc2C)S(C)(=O)=O)cc1. The van der Waals surface area contributed by atoms with E-state index < -0.39 is 10.0 Å². The molecule has 3 aromatic carbocycles. The predicted molar refractivity (Wildman–Crippen MR) is 132 cm³/mol. The summed E-state index contributed by atoms with van der Waals surface area (Å²) in [6.07, 6.45) is 1.21. The summed E-state index contributed by atoms with van der Waals surface area (Å²) in [4.78, 5) is 14.6. The highest BCUT2D eigenvalue weighted by molar-refractivity contribution is 7.92. The summed E-state index contributed by atoms with van der Waals surface area (Å²) in [5, 5.41) is 0. The van der Waals surface area contributed by atoms with Crippen LogP contribution in [-0.4, -0.2) is 39.6 Å². The molecule has 6 nitrogen and oxygen atoms in total. The van der Waals surface area contributed by atoms with E-state index in [-0.39, 0.29) is 12.5 Å². The highest BCUT2D eigenvalue weighted by Crippen LogP contribution is 2.26. The third-order valence-corrected chi connectivity index (χ3v) is 6.63. The fourth-order valence-electron chi connectivity index (χ4n) is 3.67. The maximum absolute atomic E-state index is 12.9. The lowest BCUT2D eigenvalue weighted by Gasteiger charge is -2.25.